The lowest BCUT2D eigenvalue weighted by molar-refractivity contribution is 0.245. The number of nitrogens with zero attached hydrogens (tertiary/aromatic N) is 1. The van der Waals surface area contributed by atoms with E-state index in [1.165, 1.54) is 0 Å². The van der Waals surface area contributed by atoms with Gasteiger partial charge in [0.05, 0.1) is 15.9 Å². The Morgan fingerprint density at radius 1 is 1.15 bits per heavy atom. The number of allylic oxidation sites excluding steroid dienone is 2. The molecule has 27 heavy (non-hydrogen) atoms. The van der Waals surface area contributed by atoms with Gasteiger partial charge in [-0.2, -0.15) is 5.26 Å². The first-order valence-corrected chi connectivity index (χ1v) is 10.5. The molecule has 1 atom stereocenters. The van der Waals surface area contributed by atoms with Crippen molar-refractivity contribution in [3.63, 3.8) is 0 Å². The minimum absolute atomic E-state index is 0.160. The van der Waals surface area contributed by atoms with Gasteiger partial charge in [0.25, 0.3) is 0 Å². The summed E-state index contributed by atoms with van der Waals surface area (Å²) in [4.78, 5) is 0.514. The van der Waals surface area contributed by atoms with E-state index in [4.69, 9.17) is 10.00 Å². The average molecular weight is 379 g/mol. The highest BCUT2D eigenvalue weighted by Gasteiger charge is 2.37. The Morgan fingerprint density at radius 2 is 1.93 bits per heavy atom. The van der Waals surface area contributed by atoms with E-state index in [9.17, 15) is 8.42 Å². The number of hydrogen-bond acceptors (Lipinski definition) is 4. The molecule has 3 rings (SSSR count). The molecule has 1 aliphatic rings. The Morgan fingerprint density at radius 3 is 2.70 bits per heavy atom. The average Bonchev–Trinajstić information content (AvgIpc) is 3.08. The van der Waals surface area contributed by atoms with Crippen LogP contribution in [0.15, 0.2) is 58.0 Å². The lowest BCUT2D eigenvalue weighted by atomic mass is 10.1. The fourth-order valence-corrected chi connectivity index (χ4v) is 5.52. The van der Waals surface area contributed by atoms with Gasteiger partial charge in [-0.1, -0.05) is 49.2 Å². The van der Waals surface area contributed by atoms with Crippen LogP contribution in [-0.2, 0) is 14.6 Å². The number of nitriles is 1. The zero-order valence-electron chi connectivity index (χ0n) is 15.2. The lowest BCUT2D eigenvalue weighted by Gasteiger charge is -2.15. The molecule has 2 aromatic rings. The number of fused-ring (bicyclic) bond motifs is 1. The summed E-state index contributed by atoms with van der Waals surface area (Å²) in [7, 11) is -3.77. The Labute approximate surface area is 160 Å². The van der Waals surface area contributed by atoms with Gasteiger partial charge in [0.2, 0.25) is 9.84 Å². The first-order valence-electron chi connectivity index (χ1n) is 9.01. The second kappa shape index (κ2) is 8.29. The van der Waals surface area contributed by atoms with Crippen LogP contribution in [0.3, 0.4) is 0 Å². The molecule has 0 radical (unpaired) electrons. The zero-order valence-corrected chi connectivity index (χ0v) is 16.1. The van der Waals surface area contributed by atoms with E-state index >= 15 is 0 Å². The minimum Gasteiger partial charge on any atom is -0.484 e. The molecule has 0 N–H and O–H groups in total. The summed E-state index contributed by atoms with van der Waals surface area (Å²) in [6.45, 7) is 2.11. The summed E-state index contributed by atoms with van der Waals surface area (Å²) in [5.74, 6) is 5.92. The minimum atomic E-state index is -3.77. The van der Waals surface area contributed by atoms with Gasteiger partial charge in [0, 0.05) is 30.6 Å². The molecule has 0 aliphatic heterocycles. The van der Waals surface area contributed by atoms with Crippen LogP contribution < -0.4 is 0 Å². The fourth-order valence-electron chi connectivity index (χ4n) is 3.45. The van der Waals surface area contributed by atoms with Crippen molar-refractivity contribution in [2.75, 3.05) is 6.61 Å². The van der Waals surface area contributed by atoms with Crippen LogP contribution >= 0.6 is 0 Å². The molecule has 0 bridgehead atoms. The second-order valence-corrected chi connectivity index (χ2v) is 8.25. The first kappa shape index (κ1) is 19.0. The van der Waals surface area contributed by atoms with E-state index in [0.717, 1.165) is 11.8 Å². The van der Waals surface area contributed by atoms with Crippen molar-refractivity contribution in [2.45, 2.75) is 37.5 Å². The van der Waals surface area contributed by atoms with Gasteiger partial charge in [-0.25, -0.2) is 8.42 Å². The van der Waals surface area contributed by atoms with Crippen LogP contribution in [0.4, 0.5) is 0 Å². The monoisotopic (exact) mass is 379 g/mol. The summed E-state index contributed by atoms with van der Waals surface area (Å²) >= 11 is 0. The quantitative estimate of drug-likeness (QED) is 0.713. The molecule has 0 amide bonds. The second-order valence-electron chi connectivity index (χ2n) is 6.36. The predicted molar refractivity (Wildman–Crippen MR) is 105 cm³/mol. The third-order valence-corrected chi connectivity index (χ3v) is 6.73. The van der Waals surface area contributed by atoms with Gasteiger partial charge in [0.15, 0.2) is 0 Å². The molecule has 2 aromatic carbocycles. The summed E-state index contributed by atoms with van der Waals surface area (Å²) in [5, 5.41) is 10.7. The van der Waals surface area contributed by atoms with E-state index in [2.05, 4.69) is 17.9 Å². The summed E-state index contributed by atoms with van der Waals surface area (Å²) in [6.07, 6.45) is 2.00. The van der Waals surface area contributed by atoms with Gasteiger partial charge in [-0.05, 0) is 17.9 Å². The van der Waals surface area contributed by atoms with Crippen molar-refractivity contribution in [1.82, 2.24) is 0 Å². The standard InChI is InChI=1S/C22H21NO3S/c1-2-3-6-16-26-20-13-12-18(14-15-23)22(20)27(24,25)21-11-7-9-17-8-4-5-10-19(17)21/h4-5,7-11,18H,2,12-14,16H2,1H3/t18-/m1/s1. The van der Waals surface area contributed by atoms with E-state index in [0.29, 0.717) is 24.0 Å². The van der Waals surface area contributed by atoms with Gasteiger partial charge < -0.3 is 4.74 Å². The Kier molecular flexibility index (Phi) is 5.84. The highest BCUT2D eigenvalue weighted by atomic mass is 32.2. The van der Waals surface area contributed by atoms with E-state index in [-0.39, 0.29) is 28.7 Å². The largest absolute Gasteiger partial charge is 0.484 e. The summed E-state index contributed by atoms with van der Waals surface area (Å²) in [6, 6.07) is 14.8. The maximum absolute atomic E-state index is 13.5. The number of hydrogen-bond donors (Lipinski definition) is 0. The van der Waals surface area contributed by atoms with Crippen molar-refractivity contribution in [1.29, 1.82) is 5.26 Å². The molecule has 4 nitrogen and oxygen atoms in total. The fraction of sp³-hybridized carbons (Fsp3) is 0.318. The van der Waals surface area contributed by atoms with Crippen LogP contribution in [0.5, 0.6) is 0 Å². The van der Waals surface area contributed by atoms with Crippen LogP contribution in [0.25, 0.3) is 10.8 Å². The smallest absolute Gasteiger partial charge is 0.206 e. The Bertz CT molecular complexity index is 1080. The molecule has 0 heterocycles. The van der Waals surface area contributed by atoms with Crippen LogP contribution in [0, 0.1) is 29.1 Å². The lowest BCUT2D eigenvalue weighted by Crippen LogP contribution is -2.13. The first-order chi connectivity index (χ1) is 13.1. The van der Waals surface area contributed by atoms with Crippen molar-refractivity contribution in [3.05, 3.63) is 53.1 Å². The zero-order chi connectivity index (χ0) is 19.3. The van der Waals surface area contributed by atoms with E-state index in [1.807, 2.05) is 37.3 Å². The van der Waals surface area contributed by atoms with Crippen molar-refractivity contribution in [3.8, 4) is 17.9 Å². The van der Waals surface area contributed by atoms with Crippen LogP contribution in [0.2, 0.25) is 0 Å². The molecule has 0 saturated carbocycles. The normalized spacial score (nSPS) is 16.7. The molecule has 0 spiro atoms. The van der Waals surface area contributed by atoms with Gasteiger partial charge in [-0.15, -0.1) is 5.92 Å². The maximum Gasteiger partial charge on any atom is 0.206 e. The predicted octanol–water partition coefficient (Wildman–Crippen LogP) is 4.58. The maximum atomic E-state index is 13.5. The third-order valence-electron chi connectivity index (χ3n) is 4.65. The van der Waals surface area contributed by atoms with Crippen molar-refractivity contribution >= 4 is 20.6 Å². The summed E-state index contributed by atoms with van der Waals surface area (Å²) in [5.41, 5.74) is 0. The van der Waals surface area contributed by atoms with Gasteiger partial charge in [-0.3, -0.25) is 0 Å². The molecule has 0 aromatic heterocycles. The molecule has 1 aliphatic carbocycles. The Balaban J connectivity index is 2.10. The molecule has 0 fully saturated rings. The highest BCUT2D eigenvalue weighted by molar-refractivity contribution is 7.95. The molecular formula is C22H21NO3S. The van der Waals surface area contributed by atoms with Crippen molar-refractivity contribution in [2.24, 2.45) is 5.92 Å². The molecule has 0 unspecified atom stereocenters. The van der Waals surface area contributed by atoms with Crippen LogP contribution in [-0.4, -0.2) is 15.0 Å². The Hall–Kier alpha value is -2.76. The highest BCUT2D eigenvalue weighted by Crippen LogP contribution is 2.42. The van der Waals surface area contributed by atoms with Gasteiger partial charge >= 0.3 is 0 Å². The molecular weight excluding hydrogens is 358 g/mol. The van der Waals surface area contributed by atoms with E-state index < -0.39 is 9.84 Å². The molecule has 5 heteroatoms. The topological polar surface area (TPSA) is 67.2 Å². The van der Waals surface area contributed by atoms with Crippen LogP contribution in [0.1, 0.15) is 32.6 Å². The summed E-state index contributed by atoms with van der Waals surface area (Å²) < 4.78 is 32.8. The number of sulfone groups is 1. The number of benzene rings is 2. The number of rotatable bonds is 5. The van der Waals surface area contributed by atoms with Crippen molar-refractivity contribution < 1.29 is 13.2 Å². The van der Waals surface area contributed by atoms with Gasteiger partial charge in [0.1, 0.15) is 12.4 Å². The van der Waals surface area contributed by atoms with E-state index in [1.54, 1.807) is 12.1 Å². The number of ether oxygens (including phenoxy) is 1. The molecule has 138 valence electrons. The molecule has 0 saturated heterocycles. The third kappa shape index (κ3) is 3.84. The SMILES string of the molecule is CCC#CCOC1=C(S(=O)(=O)c2cccc3ccccc23)[C@@H](CC#N)CC1.